The molecular weight excluding hydrogens is 503 g/mol. The van der Waals surface area contributed by atoms with Crippen LogP contribution in [0.1, 0.15) is 31.7 Å². The Morgan fingerprint density at radius 3 is 2.71 bits per heavy atom. The van der Waals surface area contributed by atoms with Crippen molar-refractivity contribution < 1.29 is 4.79 Å². The highest BCUT2D eigenvalue weighted by Gasteiger charge is 2.25. The number of benzene rings is 1. The Morgan fingerprint density at radius 2 is 1.97 bits per heavy atom. The largest absolute Gasteiger partial charge is 0.361 e. The quantitative estimate of drug-likeness (QED) is 0.209. The Balaban J connectivity index is 0.00000272. The van der Waals surface area contributed by atoms with Gasteiger partial charge in [0.25, 0.3) is 0 Å². The van der Waals surface area contributed by atoms with E-state index >= 15 is 0 Å². The summed E-state index contributed by atoms with van der Waals surface area (Å²) in [5.74, 6) is 1.17. The molecule has 1 aliphatic carbocycles. The highest BCUT2D eigenvalue weighted by molar-refractivity contribution is 14.0. The number of aliphatic imine (C=N–C) groups is 1. The first kappa shape index (κ1) is 23.8. The molecule has 1 saturated heterocycles. The molecule has 2 aliphatic rings. The van der Waals surface area contributed by atoms with Gasteiger partial charge in [0.2, 0.25) is 5.91 Å². The van der Waals surface area contributed by atoms with Gasteiger partial charge in [-0.05, 0) is 44.2 Å². The van der Waals surface area contributed by atoms with Crippen molar-refractivity contribution in [2.45, 2.75) is 38.6 Å². The fourth-order valence-corrected chi connectivity index (χ4v) is 4.04. The number of nitrogens with zero attached hydrogens (tertiary/aromatic N) is 3. The number of rotatable bonds is 8. The summed E-state index contributed by atoms with van der Waals surface area (Å²) in [4.78, 5) is 24.8. The number of guanidine groups is 1. The van der Waals surface area contributed by atoms with Crippen LogP contribution in [-0.4, -0.2) is 78.5 Å². The Kier molecular flexibility index (Phi) is 9.01. The van der Waals surface area contributed by atoms with Crippen molar-refractivity contribution in [1.29, 1.82) is 0 Å². The lowest BCUT2D eigenvalue weighted by molar-refractivity contribution is -0.122. The first-order valence-corrected chi connectivity index (χ1v) is 11.3. The molecule has 0 unspecified atom stereocenters. The molecule has 0 spiro atoms. The third-order valence-corrected chi connectivity index (χ3v) is 5.86. The number of amides is 1. The second-order valence-corrected chi connectivity index (χ2v) is 8.30. The number of carbonyl (C=O) groups excluding carboxylic acids is 1. The normalized spacial score (nSPS) is 17.5. The summed E-state index contributed by atoms with van der Waals surface area (Å²) >= 11 is 0. The summed E-state index contributed by atoms with van der Waals surface area (Å²) in [7, 11) is 0. The minimum Gasteiger partial charge on any atom is -0.361 e. The third kappa shape index (κ3) is 6.83. The molecule has 4 rings (SSSR count). The van der Waals surface area contributed by atoms with E-state index in [1.165, 1.54) is 16.5 Å². The van der Waals surface area contributed by atoms with Crippen LogP contribution in [0.3, 0.4) is 0 Å². The molecule has 1 amide bonds. The standard InChI is InChI=1S/C23H34N6O.HI/c1-2-24-23(25-11-5-6-18-16-26-21-8-4-3-7-20(18)21)29-14-12-28(13-15-29)17-22(30)27-19-9-10-19;/h3-4,7-8,16,19,26H,2,5-6,9-15,17H2,1H3,(H,24,25)(H,27,30);1H. The third-order valence-electron chi connectivity index (χ3n) is 5.86. The highest BCUT2D eigenvalue weighted by atomic mass is 127. The minimum atomic E-state index is 0. The fourth-order valence-electron chi connectivity index (χ4n) is 4.04. The topological polar surface area (TPSA) is 75.8 Å². The molecule has 8 heteroatoms. The van der Waals surface area contributed by atoms with Crippen LogP contribution < -0.4 is 10.6 Å². The van der Waals surface area contributed by atoms with Crippen molar-refractivity contribution in [2.75, 3.05) is 45.8 Å². The highest BCUT2D eigenvalue weighted by Crippen LogP contribution is 2.19. The predicted molar refractivity (Wildman–Crippen MR) is 137 cm³/mol. The molecule has 0 atom stereocenters. The first-order chi connectivity index (χ1) is 14.7. The number of fused-ring (bicyclic) bond motifs is 1. The maximum atomic E-state index is 12.0. The molecule has 3 N–H and O–H groups in total. The molecular formula is C23H35IN6O. The lowest BCUT2D eigenvalue weighted by Gasteiger charge is -2.36. The minimum absolute atomic E-state index is 0. The molecule has 170 valence electrons. The molecule has 2 heterocycles. The van der Waals surface area contributed by atoms with E-state index in [2.05, 4.69) is 62.8 Å². The van der Waals surface area contributed by atoms with Crippen molar-refractivity contribution in [3.05, 3.63) is 36.0 Å². The first-order valence-electron chi connectivity index (χ1n) is 11.3. The summed E-state index contributed by atoms with van der Waals surface area (Å²) in [5, 5.41) is 7.83. The second kappa shape index (κ2) is 11.7. The molecule has 2 aromatic rings. The monoisotopic (exact) mass is 538 g/mol. The number of piperazine rings is 1. The number of aromatic amines is 1. The van der Waals surface area contributed by atoms with E-state index in [4.69, 9.17) is 4.99 Å². The van der Waals surface area contributed by atoms with Crippen LogP contribution in [0.4, 0.5) is 0 Å². The summed E-state index contributed by atoms with van der Waals surface area (Å²) in [5.41, 5.74) is 2.57. The Labute approximate surface area is 202 Å². The molecule has 2 fully saturated rings. The van der Waals surface area contributed by atoms with Gasteiger partial charge < -0.3 is 20.5 Å². The number of aryl methyl sites for hydroxylation is 1. The van der Waals surface area contributed by atoms with Crippen molar-refractivity contribution in [3.8, 4) is 0 Å². The van der Waals surface area contributed by atoms with Gasteiger partial charge in [-0.1, -0.05) is 18.2 Å². The van der Waals surface area contributed by atoms with Crippen LogP contribution in [0.5, 0.6) is 0 Å². The van der Waals surface area contributed by atoms with Gasteiger partial charge >= 0.3 is 0 Å². The lowest BCUT2D eigenvalue weighted by Crippen LogP contribution is -2.54. The van der Waals surface area contributed by atoms with Crippen LogP contribution in [0, 0.1) is 0 Å². The van der Waals surface area contributed by atoms with E-state index in [9.17, 15) is 4.79 Å². The Morgan fingerprint density at radius 1 is 1.19 bits per heavy atom. The van der Waals surface area contributed by atoms with Gasteiger partial charge in [-0.25, -0.2) is 0 Å². The van der Waals surface area contributed by atoms with Gasteiger partial charge in [-0.3, -0.25) is 14.7 Å². The maximum Gasteiger partial charge on any atom is 0.234 e. The molecule has 31 heavy (non-hydrogen) atoms. The Bertz CT molecular complexity index is 870. The number of carbonyl (C=O) groups is 1. The smallest absolute Gasteiger partial charge is 0.234 e. The van der Waals surface area contributed by atoms with Gasteiger partial charge in [0, 0.05) is 62.4 Å². The number of hydrogen-bond acceptors (Lipinski definition) is 3. The van der Waals surface area contributed by atoms with Crippen molar-refractivity contribution in [2.24, 2.45) is 4.99 Å². The fraction of sp³-hybridized carbons (Fsp3) is 0.565. The zero-order valence-electron chi connectivity index (χ0n) is 18.4. The van der Waals surface area contributed by atoms with Crippen LogP contribution in [0.15, 0.2) is 35.5 Å². The van der Waals surface area contributed by atoms with Crippen LogP contribution >= 0.6 is 24.0 Å². The van der Waals surface area contributed by atoms with Crippen molar-refractivity contribution >= 4 is 46.7 Å². The van der Waals surface area contributed by atoms with Gasteiger partial charge in [-0.2, -0.15) is 0 Å². The van der Waals surface area contributed by atoms with Gasteiger partial charge in [0.05, 0.1) is 6.54 Å². The summed E-state index contributed by atoms with van der Waals surface area (Å²) < 4.78 is 0. The number of halogens is 1. The molecule has 0 radical (unpaired) electrons. The summed E-state index contributed by atoms with van der Waals surface area (Å²) in [6.45, 7) is 7.92. The van der Waals surface area contributed by atoms with E-state index in [0.29, 0.717) is 12.6 Å². The molecule has 1 saturated carbocycles. The van der Waals surface area contributed by atoms with Crippen molar-refractivity contribution in [1.82, 2.24) is 25.4 Å². The summed E-state index contributed by atoms with van der Waals surface area (Å²) in [6.07, 6.45) is 6.46. The second-order valence-electron chi connectivity index (χ2n) is 8.30. The predicted octanol–water partition coefficient (Wildman–Crippen LogP) is 2.58. The number of para-hydroxylation sites is 1. The number of aromatic nitrogens is 1. The zero-order chi connectivity index (χ0) is 20.8. The Hall–Kier alpha value is -1.81. The SMILES string of the molecule is CCNC(=NCCCc1c[nH]c2ccccc12)N1CCN(CC(=O)NC2CC2)CC1.I. The van der Waals surface area contributed by atoms with E-state index in [1.807, 2.05) is 0 Å². The van der Waals surface area contributed by atoms with Crippen LogP contribution in [0.25, 0.3) is 10.9 Å². The zero-order valence-corrected chi connectivity index (χ0v) is 20.7. The lowest BCUT2D eigenvalue weighted by atomic mass is 10.1. The van der Waals surface area contributed by atoms with Gasteiger partial charge in [0.15, 0.2) is 5.96 Å². The molecule has 7 nitrogen and oxygen atoms in total. The van der Waals surface area contributed by atoms with E-state index in [-0.39, 0.29) is 29.9 Å². The molecule has 1 aliphatic heterocycles. The molecule has 0 bridgehead atoms. The average molecular weight is 538 g/mol. The van der Waals surface area contributed by atoms with Gasteiger partial charge in [-0.15, -0.1) is 24.0 Å². The van der Waals surface area contributed by atoms with E-state index in [0.717, 1.165) is 70.9 Å². The van der Waals surface area contributed by atoms with E-state index in [1.54, 1.807) is 0 Å². The van der Waals surface area contributed by atoms with E-state index < -0.39 is 0 Å². The number of nitrogens with one attached hydrogen (secondary N) is 3. The number of H-pyrrole nitrogens is 1. The molecule has 1 aromatic carbocycles. The van der Waals surface area contributed by atoms with Crippen molar-refractivity contribution in [3.63, 3.8) is 0 Å². The average Bonchev–Trinajstić information content (AvgIpc) is 3.48. The summed E-state index contributed by atoms with van der Waals surface area (Å²) in [6, 6.07) is 8.90. The van der Waals surface area contributed by atoms with Crippen LogP contribution in [0.2, 0.25) is 0 Å². The maximum absolute atomic E-state index is 12.0. The number of hydrogen-bond donors (Lipinski definition) is 3. The van der Waals surface area contributed by atoms with Crippen LogP contribution in [-0.2, 0) is 11.2 Å². The molecule has 1 aromatic heterocycles. The van der Waals surface area contributed by atoms with Gasteiger partial charge in [0.1, 0.15) is 0 Å².